The van der Waals surface area contributed by atoms with E-state index in [9.17, 15) is 9.59 Å². The molecule has 0 aliphatic carbocycles. The van der Waals surface area contributed by atoms with Crippen molar-refractivity contribution in [2.45, 2.75) is 6.17 Å². The quantitative estimate of drug-likeness (QED) is 0.395. The fourth-order valence-corrected chi connectivity index (χ4v) is 3.19. The first-order valence-electron chi connectivity index (χ1n) is 10.2. The lowest BCUT2D eigenvalue weighted by molar-refractivity contribution is 0.0883. The van der Waals surface area contributed by atoms with E-state index in [0.717, 1.165) is 0 Å². The molecule has 0 aliphatic rings. The average Bonchev–Trinajstić information content (AvgIpc) is 2.85. The number of benzene rings is 4. The van der Waals surface area contributed by atoms with Crippen LogP contribution in [-0.4, -0.2) is 11.8 Å². The Morgan fingerprint density at radius 3 is 1.56 bits per heavy atom. The molecule has 5 heteroatoms. The van der Waals surface area contributed by atoms with Crippen molar-refractivity contribution < 1.29 is 14.3 Å². The lowest BCUT2D eigenvalue weighted by Gasteiger charge is -2.21. The van der Waals surface area contributed by atoms with E-state index in [1.54, 1.807) is 54.6 Å². The van der Waals surface area contributed by atoms with E-state index in [1.165, 1.54) is 0 Å². The van der Waals surface area contributed by atoms with E-state index in [2.05, 4.69) is 10.6 Å². The first-order chi connectivity index (χ1) is 15.7. The summed E-state index contributed by atoms with van der Waals surface area (Å²) in [6, 6.07) is 34.4. The fourth-order valence-electron chi connectivity index (χ4n) is 3.19. The van der Waals surface area contributed by atoms with Gasteiger partial charge >= 0.3 is 0 Å². The molecule has 5 nitrogen and oxygen atoms in total. The third-order valence-corrected chi connectivity index (χ3v) is 4.79. The van der Waals surface area contributed by atoms with Gasteiger partial charge in [-0.3, -0.25) is 9.59 Å². The first-order valence-corrected chi connectivity index (χ1v) is 10.2. The minimum Gasteiger partial charge on any atom is -0.457 e. The molecule has 0 spiro atoms. The lowest BCUT2D eigenvalue weighted by atomic mass is 10.1. The molecular weight excluding hydrogens is 400 g/mol. The van der Waals surface area contributed by atoms with Crippen LogP contribution in [0.5, 0.6) is 11.5 Å². The van der Waals surface area contributed by atoms with E-state index in [4.69, 9.17) is 4.74 Å². The number of hydrogen-bond donors (Lipinski definition) is 2. The SMILES string of the molecule is O=C(NC(NC(=O)c1ccccc1)c1cccc(Oc2ccccc2)c1)c1ccccc1. The largest absolute Gasteiger partial charge is 0.457 e. The zero-order chi connectivity index (χ0) is 22.2. The molecule has 0 heterocycles. The van der Waals surface area contributed by atoms with E-state index < -0.39 is 6.17 Å². The van der Waals surface area contributed by atoms with Gasteiger partial charge in [-0.1, -0.05) is 66.7 Å². The molecule has 0 unspecified atom stereocenters. The second kappa shape index (κ2) is 10.1. The second-order valence-corrected chi connectivity index (χ2v) is 7.10. The standard InChI is InChI=1S/C27H22N2O3/c30-26(20-11-4-1-5-12-20)28-25(29-27(31)21-13-6-2-7-14-21)22-15-10-18-24(19-22)32-23-16-8-3-9-17-23/h1-19,25H,(H,28,30)(H,29,31). The average molecular weight is 422 g/mol. The monoisotopic (exact) mass is 422 g/mol. The van der Waals surface area contributed by atoms with Crippen LogP contribution in [0.4, 0.5) is 0 Å². The molecule has 0 radical (unpaired) electrons. The molecule has 4 rings (SSSR count). The highest BCUT2D eigenvalue weighted by atomic mass is 16.5. The van der Waals surface area contributed by atoms with Crippen LogP contribution in [0, 0.1) is 0 Å². The summed E-state index contributed by atoms with van der Waals surface area (Å²) in [4.78, 5) is 25.7. The topological polar surface area (TPSA) is 67.4 Å². The summed E-state index contributed by atoms with van der Waals surface area (Å²) in [7, 11) is 0. The lowest BCUT2D eigenvalue weighted by Crippen LogP contribution is -2.41. The minimum atomic E-state index is -0.755. The van der Waals surface area contributed by atoms with Crippen LogP contribution >= 0.6 is 0 Å². The van der Waals surface area contributed by atoms with Crippen molar-refractivity contribution in [3.05, 3.63) is 132 Å². The van der Waals surface area contributed by atoms with Crippen LogP contribution in [0.1, 0.15) is 32.4 Å². The summed E-state index contributed by atoms with van der Waals surface area (Å²) in [5, 5.41) is 5.83. The molecule has 4 aromatic carbocycles. The maximum absolute atomic E-state index is 12.8. The van der Waals surface area contributed by atoms with Crippen molar-refractivity contribution in [1.29, 1.82) is 0 Å². The normalized spacial score (nSPS) is 10.4. The van der Waals surface area contributed by atoms with Crippen molar-refractivity contribution in [2.75, 3.05) is 0 Å². The smallest absolute Gasteiger partial charge is 0.253 e. The molecule has 0 saturated carbocycles. The Bertz CT molecular complexity index is 1130. The van der Waals surface area contributed by atoms with Crippen LogP contribution in [-0.2, 0) is 0 Å². The molecule has 0 fully saturated rings. The van der Waals surface area contributed by atoms with Crippen LogP contribution in [0.2, 0.25) is 0 Å². The minimum absolute atomic E-state index is 0.293. The molecule has 0 bridgehead atoms. The Labute approximate surface area is 186 Å². The van der Waals surface area contributed by atoms with Gasteiger partial charge in [-0.2, -0.15) is 0 Å². The summed E-state index contributed by atoms with van der Waals surface area (Å²) in [6.45, 7) is 0. The summed E-state index contributed by atoms with van der Waals surface area (Å²) >= 11 is 0. The second-order valence-electron chi connectivity index (χ2n) is 7.10. The Morgan fingerprint density at radius 1 is 0.562 bits per heavy atom. The fraction of sp³-hybridized carbons (Fsp3) is 0.0370. The van der Waals surface area contributed by atoms with Gasteiger partial charge in [0.2, 0.25) is 0 Å². The van der Waals surface area contributed by atoms with Crippen LogP contribution in [0.3, 0.4) is 0 Å². The summed E-state index contributed by atoms with van der Waals surface area (Å²) < 4.78 is 5.92. The molecule has 4 aromatic rings. The molecule has 158 valence electrons. The number of carbonyl (C=O) groups is 2. The Hall–Kier alpha value is -4.38. The third kappa shape index (κ3) is 5.40. The number of carbonyl (C=O) groups excluding carboxylic acids is 2. The van der Waals surface area contributed by atoms with Crippen molar-refractivity contribution in [1.82, 2.24) is 10.6 Å². The molecule has 0 aromatic heterocycles. The molecule has 32 heavy (non-hydrogen) atoms. The maximum atomic E-state index is 12.8. The molecule has 0 atom stereocenters. The number of para-hydroxylation sites is 1. The Balaban J connectivity index is 1.60. The molecule has 2 amide bonds. The van der Waals surface area contributed by atoms with E-state index >= 15 is 0 Å². The maximum Gasteiger partial charge on any atom is 0.253 e. The van der Waals surface area contributed by atoms with E-state index in [-0.39, 0.29) is 11.8 Å². The van der Waals surface area contributed by atoms with Crippen LogP contribution in [0.15, 0.2) is 115 Å². The summed E-state index contributed by atoms with van der Waals surface area (Å²) in [5.74, 6) is 0.709. The van der Waals surface area contributed by atoms with Gasteiger partial charge in [-0.25, -0.2) is 0 Å². The van der Waals surface area contributed by atoms with E-state index in [0.29, 0.717) is 28.2 Å². The third-order valence-electron chi connectivity index (χ3n) is 4.79. The predicted molar refractivity (Wildman–Crippen MR) is 124 cm³/mol. The van der Waals surface area contributed by atoms with Gasteiger partial charge in [0.15, 0.2) is 0 Å². The number of amides is 2. The highest BCUT2D eigenvalue weighted by Crippen LogP contribution is 2.24. The highest BCUT2D eigenvalue weighted by molar-refractivity contribution is 5.96. The number of ether oxygens (including phenoxy) is 1. The van der Waals surface area contributed by atoms with Gasteiger partial charge in [-0.05, 0) is 54.1 Å². The van der Waals surface area contributed by atoms with Crippen molar-refractivity contribution in [3.8, 4) is 11.5 Å². The Morgan fingerprint density at radius 2 is 1.03 bits per heavy atom. The van der Waals surface area contributed by atoms with Gasteiger partial charge in [0, 0.05) is 11.1 Å². The van der Waals surface area contributed by atoms with Crippen LogP contribution < -0.4 is 15.4 Å². The van der Waals surface area contributed by atoms with Gasteiger partial charge in [0.05, 0.1) is 0 Å². The van der Waals surface area contributed by atoms with Crippen LogP contribution in [0.25, 0.3) is 0 Å². The summed E-state index contributed by atoms with van der Waals surface area (Å²) in [5.41, 5.74) is 1.69. The summed E-state index contributed by atoms with van der Waals surface area (Å²) in [6.07, 6.45) is -0.755. The number of rotatable bonds is 7. The zero-order valence-corrected chi connectivity index (χ0v) is 17.3. The van der Waals surface area contributed by atoms with Gasteiger partial charge in [0.1, 0.15) is 17.7 Å². The number of hydrogen-bond acceptors (Lipinski definition) is 3. The zero-order valence-electron chi connectivity index (χ0n) is 17.3. The van der Waals surface area contributed by atoms with Gasteiger partial charge in [0.25, 0.3) is 11.8 Å². The molecular formula is C27H22N2O3. The van der Waals surface area contributed by atoms with Crippen molar-refractivity contribution in [3.63, 3.8) is 0 Å². The van der Waals surface area contributed by atoms with Crippen molar-refractivity contribution >= 4 is 11.8 Å². The molecule has 2 N–H and O–H groups in total. The van der Waals surface area contributed by atoms with Crippen molar-refractivity contribution in [2.24, 2.45) is 0 Å². The van der Waals surface area contributed by atoms with Gasteiger partial charge < -0.3 is 15.4 Å². The van der Waals surface area contributed by atoms with E-state index in [1.807, 2.05) is 60.7 Å². The molecule has 0 aliphatic heterocycles. The Kier molecular flexibility index (Phi) is 6.58. The predicted octanol–water partition coefficient (Wildman–Crippen LogP) is 5.34. The first kappa shape index (κ1) is 20.9. The highest BCUT2D eigenvalue weighted by Gasteiger charge is 2.19. The number of nitrogens with one attached hydrogen (secondary N) is 2. The molecule has 0 saturated heterocycles. The van der Waals surface area contributed by atoms with Gasteiger partial charge in [-0.15, -0.1) is 0 Å².